The summed E-state index contributed by atoms with van der Waals surface area (Å²) in [7, 11) is 0. The fraction of sp³-hybridized carbons (Fsp3) is 0.769. The number of nitrogens with one attached hydrogen (secondary N) is 1. The second-order valence-electron chi connectivity index (χ2n) is 4.64. The van der Waals surface area contributed by atoms with Crippen molar-refractivity contribution in [1.29, 1.82) is 0 Å². The Bertz CT molecular complexity index is 329. The molecule has 1 fully saturated rings. The van der Waals surface area contributed by atoms with Gasteiger partial charge in [0.25, 0.3) is 0 Å². The molecule has 18 heavy (non-hydrogen) atoms. The molecule has 2 rings (SSSR count). The molecule has 1 aromatic rings. The van der Waals surface area contributed by atoms with Crippen LogP contribution in [0.4, 0.5) is 0 Å². The molecule has 0 aliphatic carbocycles. The summed E-state index contributed by atoms with van der Waals surface area (Å²) in [6, 6.07) is 0.596. The molecule has 0 radical (unpaired) electrons. The number of hydrogen-bond donors (Lipinski definition) is 1. The third-order valence-electron chi connectivity index (χ3n) is 3.19. The molecule has 1 aliphatic heterocycles. The second kappa shape index (κ2) is 7.78. The highest BCUT2D eigenvalue weighted by Gasteiger charge is 2.30. The van der Waals surface area contributed by atoms with Gasteiger partial charge in [-0.05, 0) is 19.4 Å². The normalized spacial score (nSPS) is 26.1. The first-order valence-corrected chi connectivity index (χ1v) is 9.63. The third-order valence-corrected chi connectivity index (χ3v) is 7.25. The van der Waals surface area contributed by atoms with E-state index < -0.39 is 0 Å². The van der Waals surface area contributed by atoms with E-state index in [1.165, 1.54) is 22.8 Å². The Morgan fingerprint density at radius 1 is 1.44 bits per heavy atom. The van der Waals surface area contributed by atoms with Crippen molar-refractivity contribution in [3.8, 4) is 0 Å². The van der Waals surface area contributed by atoms with Crippen LogP contribution in [0.3, 0.4) is 0 Å². The highest BCUT2D eigenvalue weighted by Crippen LogP contribution is 2.34. The van der Waals surface area contributed by atoms with Crippen molar-refractivity contribution in [3.05, 3.63) is 16.6 Å². The van der Waals surface area contributed by atoms with Crippen molar-refractivity contribution in [3.63, 3.8) is 0 Å². The lowest BCUT2D eigenvalue weighted by atomic mass is 10.1. The average Bonchev–Trinajstić information content (AvgIpc) is 2.88. The van der Waals surface area contributed by atoms with Crippen LogP contribution in [0.15, 0.2) is 11.7 Å². The van der Waals surface area contributed by atoms with Crippen LogP contribution in [0.5, 0.6) is 0 Å². The second-order valence-corrected chi connectivity index (χ2v) is 8.39. The third kappa shape index (κ3) is 4.15. The van der Waals surface area contributed by atoms with Crippen LogP contribution in [-0.4, -0.2) is 39.6 Å². The van der Waals surface area contributed by atoms with Crippen molar-refractivity contribution < 1.29 is 0 Å². The Morgan fingerprint density at radius 3 is 2.94 bits per heavy atom. The van der Waals surface area contributed by atoms with Gasteiger partial charge in [0.1, 0.15) is 0 Å². The van der Waals surface area contributed by atoms with Crippen LogP contribution in [-0.2, 0) is 6.42 Å². The van der Waals surface area contributed by atoms with Gasteiger partial charge < -0.3 is 5.32 Å². The van der Waals surface area contributed by atoms with E-state index in [9.17, 15) is 0 Å². The summed E-state index contributed by atoms with van der Waals surface area (Å²) in [5.41, 5.74) is 1.94. The van der Waals surface area contributed by atoms with Crippen LogP contribution < -0.4 is 5.32 Å². The zero-order chi connectivity index (χ0) is 12.8. The SMILES string of the molecule is CCCNC(Cc1cncs1)C1SCCSC1C. The number of hydrogen-bond acceptors (Lipinski definition) is 5. The summed E-state index contributed by atoms with van der Waals surface area (Å²) < 4.78 is 0. The molecule has 1 N–H and O–H groups in total. The average molecular weight is 303 g/mol. The first-order valence-electron chi connectivity index (χ1n) is 6.65. The minimum Gasteiger partial charge on any atom is -0.312 e. The van der Waals surface area contributed by atoms with Gasteiger partial charge >= 0.3 is 0 Å². The molecule has 2 heterocycles. The molecule has 0 spiro atoms. The smallest absolute Gasteiger partial charge is 0.0794 e. The van der Waals surface area contributed by atoms with E-state index in [-0.39, 0.29) is 0 Å². The number of thioether (sulfide) groups is 2. The van der Waals surface area contributed by atoms with Crippen molar-refractivity contribution in [1.82, 2.24) is 10.3 Å². The minimum atomic E-state index is 0.596. The van der Waals surface area contributed by atoms with E-state index in [0.717, 1.165) is 23.5 Å². The quantitative estimate of drug-likeness (QED) is 0.871. The van der Waals surface area contributed by atoms with Gasteiger partial charge in [0.15, 0.2) is 0 Å². The predicted molar refractivity (Wildman–Crippen MR) is 86.1 cm³/mol. The Balaban J connectivity index is 1.98. The van der Waals surface area contributed by atoms with Crippen LogP contribution in [0.25, 0.3) is 0 Å². The highest BCUT2D eigenvalue weighted by atomic mass is 32.2. The molecule has 1 aliphatic rings. The summed E-state index contributed by atoms with van der Waals surface area (Å²) in [6.07, 6.45) is 4.36. The summed E-state index contributed by atoms with van der Waals surface area (Å²) in [4.78, 5) is 5.61. The fourth-order valence-electron chi connectivity index (χ4n) is 2.29. The largest absolute Gasteiger partial charge is 0.312 e. The van der Waals surface area contributed by atoms with E-state index in [0.29, 0.717) is 6.04 Å². The van der Waals surface area contributed by atoms with Crippen LogP contribution >= 0.6 is 34.9 Å². The predicted octanol–water partition coefficient (Wildman–Crippen LogP) is 3.29. The fourth-order valence-corrected chi connectivity index (χ4v) is 5.90. The maximum atomic E-state index is 4.20. The monoisotopic (exact) mass is 302 g/mol. The van der Waals surface area contributed by atoms with E-state index in [4.69, 9.17) is 0 Å². The zero-order valence-corrected chi connectivity index (χ0v) is 13.5. The summed E-state index contributed by atoms with van der Waals surface area (Å²) in [6.45, 7) is 5.75. The van der Waals surface area contributed by atoms with Gasteiger partial charge in [-0.25, -0.2) is 0 Å². The molecular formula is C13H22N2S3. The maximum absolute atomic E-state index is 4.20. The molecule has 5 heteroatoms. The molecule has 1 aromatic heterocycles. The summed E-state index contributed by atoms with van der Waals surface area (Å²) in [5, 5.41) is 5.24. The van der Waals surface area contributed by atoms with Crippen LogP contribution in [0, 0.1) is 0 Å². The summed E-state index contributed by atoms with van der Waals surface area (Å²) >= 11 is 6.06. The van der Waals surface area contributed by atoms with E-state index in [1.807, 2.05) is 11.7 Å². The number of aromatic nitrogens is 1. The highest BCUT2D eigenvalue weighted by molar-refractivity contribution is 8.07. The van der Waals surface area contributed by atoms with Gasteiger partial charge in [0.05, 0.1) is 5.51 Å². The lowest BCUT2D eigenvalue weighted by Gasteiger charge is -2.35. The first-order chi connectivity index (χ1) is 8.81. The van der Waals surface area contributed by atoms with Crippen LogP contribution in [0.1, 0.15) is 25.1 Å². The van der Waals surface area contributed by atoms with Crippen molar-refractivity contribution in [2.24, 2.45) is 0 Å². The molecule has 0 bridgehead atoms. The molecule has 2 nitrogen and oxygen atoms in total. The molecule has 102 valence electrons. The lowest BCUT2D eigenvalue weighted by Crippen LogP contribution is -2.45. The first kappa shape index (κ1) is 14.7. The van der Waals surface area contributed by atoms with Gasteiger partial charge in [-0.2, -0.15) is 23.5 Å². The van der Waals surface area contributed by atoms with Gasteiger partial charge in [-0.15, -0.1) is 11.3 Å². The maximum Gasteiger partial charge on any atom is 0.0794 e. The van der Waals surface area contributed by atoms with E-state index in [1.54, 1.807) is 11.3 Å². The Kier molecular flexibility index (Phi) is 6.35. The van der Waals surface area contributed by atoms with Crippen molar-refractivity contribution in [2.45, 2.75) is 43.2 Å². The standard InChI is InChI=1S/C13H22N2S3/c1-3-4-15-12(7-11-8-14-9-18-11)13-10(2)16-5-6-17-13/h8-10,12-13,15H,3-7H2,1-2H3. The molecule has 0 saturated carbocycles. The molecule has 0 aromatic carbocycles. The molecule has 0 amide bonds. The Labute approximate surface area is 123 Å². The zero-order valence-electron chi connectivity index (χ0n) is 11.1. The van der Waals surface area contributed by atoms with Gasteiger partial charge in [0.2, 0.25) is 0 Å². The molecule has 3 atom stereocenters. The number of nitrogens with zero attached hydrogens (tertiary/aromatic N) is 1. The number of rotatable bonds is 6. The Morgan fingerprint density at radius 2 is 2.28 bits per heavy atom. The van der Waals surface area contributed by atoms with Crippen molar-refractivity contribution >= 4 is 34.9 Å². The Hall–Kier alpha value is 0.290. The lowest BCUT2D eigenvalue weighted by molar-refractivity contribution is 0.489. The van der Waals surface area contributed by atoms with E-state index >= 15 is 0 Å². The minimum absolute atomic E-state index is 0.596. The van der Waals surface area contributed by atoms with Gasteiger partial charge in [-0.1, -0.05) is 13.8 Å². The molecule has 1 saturated heterocycles. The van der Waals surface area contributed by atoms with E-state index in [2.05, 4.69) is 47.7 Å². The van der Waals surface area contributed by atoms with Gasteiger partial charge in [-0.3, -0.25) is 4.98 Å². The van der Waals surface area contributed by atoms with Crippen LogP contribution in [0.2, 0.25) is 0 Å². The summed E-state index contributed by atoms with van der Waals surface area (Å²) in [5.74, 6) is 2.61. The van der Waals surface area contributed by atoms with Crippen molar-refractivity contribution in [2.75, 3.05) is 18.1 Å². The molecule has 3 unspecified atom stereocenters. The topological polar surface area (TPSA) is 24.9 Å². The van der Waals surface area contributed by atoms with Gasteiger partial charge in [0, 0.05) is 39.1 Å². The number of thiazole rings is 1. The molecular weight excluding hydrogens is 280 g/mol.